The zero-order chi connectivity index (χ0) is 48.8. The Morgan fingerprint density at radius 3 is 1.60 bits per heavy atom. The van der Waals surface area contributed by atoms with Gasteiger partial charge in [-0.2, -0.15) is 9.97 Å². The monoisotopic (exact) mass is 928 g/mol. The van der Waals surface area contributed by atoms with Crippen molar-refractivity contribution in [3.8, 4) is 51.0 Å². The van der Waals surface area contributed by atoms with Crippen LogP contribution in [0, 0.1) is 0 Å². The Morgan fingerprint density at radius 2 is 0.944 bits per heavy atom. The second-order valence-corrected chi connectivity index (χ2v) is 18.7. The summed E-state index contributed by atoms with van der Waals surface area (Å²) in [6.45, 7) is 14.7. The van der Waals surface area contributed by atoms with Gasteiger partial charge in [0.25, 0.3) is 0 Å². The highest BCUT2D eigenvalue weighted by Gasteiger charge is 2.37. The van der Waals surface area contributed by atoms with Crippen LogP contribution in [0.4, 0.5) is 0 Å². The van der Waals surface area contributed by atoms with Crippen molar-refractivity contribution >= 4 is 87.2 Å². The number of furan rings is 2. The molecule has 0 fully saturated rings. The SMILES string of the molecule is C=C.CC.CC1(C)c2cc(-c3cccc4c5c6ccccc6ccc5n(-c5nc(-c6ccc7c(c6)oc6ccccc67)nc(-c6ccc7c(c6)oc6ccccc67)n5)c34)ccc2-c2c1ccc1ccccc21. The quantitative estimate of drug-likeness (QED) is 0.164. The minimum absolute atomic E-state index is 0.207. The maximum atomic E-state index is 6.43. The molecule has 10 aromatic carbocycles. The fourth-order valence-electron chi connectivity index (χ4n) is 11.4. The normalized spacial score (nSPS) is 12.7. The molecule has 6 nitrogen and oxygen atoms in total. The fourth-order valence-corrected chi connectivity index (χ4v) is 11.4. The lowest BCUT2D eigenvalue weighted by molar-refractivity contribution is 0.661. The van der Waals surface area contributed by atoms with Gasteiger partial charge in [0.2, 0.25) is 5.95 Å². The van der Waals surface area contributed by atoms with Gasteiger partial charge >= 0.3 is 0 Å². The van der Waals surface area contributed by atoms with E-state index in [4.69, 9.17) is 23.8 Å². The van der Waals surface area contributed by atoms with E-state index in [1.807, 2.05) is 50.2 Å². The van der Waals surface area contributed by atoms with Crippen molar-refractivity contribution in [1.29, 1.82) is 0 Å². The minimum Gasteiger partial charge on any atom is -0.456 e. The predicted octanol–water partition coefficient (Wildman–Crippen LogP) is 18.2. The van der Waals surface area contributed by atoms with Crippen LogP contribution in [0.5, 0.6) is 0 Å². The Balaban J connectivity index is 0.00000123. The Bertz CT molecular complexity index is 4380. The molecule has 0 spiro atoms. The topological polar surface area (TPSA) is 69.9 Å². The number of nitrogens with zero attached hydrogens (tertiary/aromatic N) is 4. The first-order valence-corrected chi connectivity index (χ1v) is 24.7. The fraction of sp³-hybridized carbons (Fsp3) is 0.0758. The smallest absolute Gasteiger partial charge is 0.238 e. The first-order chi connectivity index (χ1) is 35.4. The summed E-state index contributed by atoms with van der Waals surface area (Å²) in [4.78, 5) is 16.2. The highest BCUT2D eigenvalue weighted by Crippen LogP contribution is 2.53. The molecule has 4 aromatic heterocycles. The molecule has 0 bridgehead atoms. The maximum Gasteiger partial charge on any atom is 0.238 e. The van der Waals surface area contributed by atoms with Gasteiger partial charge in [-0.1, -0.05) is 173 Å². The summed E-state index contributed by atoms with van der Waals surface area (Å²) in [6.07, 6.45) is 0. The van der Waals surface area contributed by atoms with Crippen LogP contribution < -0.4 is 0 Å². The summed E-state index contributed by atoms with van der Waals surface area (Å²) in [5, 5.41) is 11.4. The van der Waals surface area contributed by atoms with E-state index >= 15 is 0 Å². The number of aromatic nitrogens is 4. The van der Waals surface area contributed by atoms with Gasteiger partial charge < -0.3 is 8.83 Å². The molecule has 1 aliphatic carbocycles. The average Bonchev–Trinajstić information content (AvgIpc) is 4.18. The molecular weight excluding hydrogens is 881 g/mol. The van der Waals surface area contributed by atoms with E-state index in [2.05, 4.69) is 189 Å². The van der Waals surface area contributed by atoms with E-state index < -0.39 is 0 Å². The van der Waals surface area contributed by atoms with Crippen molar-refractivity contribution in [3.05, 3.63) is 218 Å². The van der Waals surface area contributed by atoms with Crippen LogP contribution in [0.2, 0.25) is 0 Å². The molecule has 0 saturated heterocycles. The van der Waals surface area contributed by atoms with Gasteiger partial charge in [-0.3, -0.25) is 4.57 Å². The summed E-state index contributed by atoms with van der Waals surface area (Å²) >= 11 is 0. The van der Waals surface area contributed by atoms with E-state index in [-0.39, 0.29) is 5.41 Å². The third-order valence-electron chi connectivity index (χ3n) is 14.7. The van der Waals surface area contributed by atoms with Gasteiger partial charge in [-0.25, -0.2) is 4.98 Å². The predicted molar refractivity (Wildman–Crippen MR) is 300 cm³/mol. The van der Waals surface area contributed by atoms with Gasteiger partial charge in [-0.15, -0.1) is 13.2 Å². The van der Waals surface area contributed by atoms with E-state index in [1.165, 1.54) is 43.8 Å². The minimum atomic E-state index is -0.207. The van der Waals surface area contributed by atoms with Crippen LogP contribution in [-0.2, 0) is 5.41 Å². The Labute approximate surface area is 416 Å². The molecule has 14 aromatic rings. The van der Waals surface area contributed by atoms with E-state index in [0.29, 0.717) is 17.6 Å². The molecule has 4 heterocycles. The highest BCUT2D eigenvalue weighted by atomic mass is 16.3. The van der Waals surface area contributed by atoms with Gasteiger partial charge in [0.05, 0.1) is 11.0 Å². The number of para-hydroxylation sites is 3. The van der Waals surface area contributed by atoms with Crippen molar-refractivity contribution in [2.24, 2.45) is 0 Å². The Kier molecular flexibility index (Phi) is 9.84. The second kappa shape index (κ2) is 16.5. The molecular formula is C66H48N4O2. The summed E-state index contributed by atoms with van der Waals surface area (Å²) in [7, 11) is 0. The molecule has 0 radical (unpaired) electrons. The van der Waals surface area contributed by atoms with Crippen LogP contribution in [-0.4, -0.2) is 19.5 Å². The molecule has 0 saturated carbocycles. The van der Waals surface area contributed by atoms with Gasteiger partial charge in [0, 0.05) is 54.4 Å². The van der Waals surface area contributed by atoms with Crippen molar-refractivity contribution in [3.63, 3.8) is 0 Å². The molecule has 6 heteroatoms. The largest absolute Gasteiger partial charge is 0.456 e. The summed E-state index contributed by atoms with van der Waals surface area (Å²) in [5.74, 6) is 1.59. The van der Waals surface area contributed by atoms with Gasteiger partial charge in [0.15, 0.2) is 11.6 Å². The molecule has 0 amide bonds. The van der Waals surface area contributed by atoms with Crippen molar-refractivity contribution in [2.45, 2.75) is 33.1 Å². The molecule has 15 rings (SSSR count). The first-order valence-electron chi connectivity index (χ1n) is 24.7. The molecule has 344 valence electrons. The molecule has 0 unspecified atom stereocenters. The zero-order valence-corrected chi connectivity index (χ0v) is 40.5. The Morgan fingerprint density at radius 1 is 0.417 bits per heavy atom. The number of benzene rings is 10. The average molecular weight is 929 g/mol. The van der Waals surface area contributed by atoms with Crippen LogP contribution in [0.15, 0.2) is 216 Å². The third kappa shape index (κ3) is 6.32. The van der Waals surface area contributed by atoms with Gasteiger partial charge in [0.1, 0.15) is 22.3 Å². The van der Waals surface area contributed by atoms with Gasteiger partial charge in [-0.05, 0) is 97.9 Å². The van der Waals surface area contributed by atoms with E-state index in [9.17, 15) is 0 Å². The van der Waals surface area contributed by atoms with Crippen LogP contribution >= 0.6 is 0 Å². The molecule has 0 atom stereocenters. The number of rotatable bonds is 4. The summed E-state index contributed by atoms with van der Waals surface area (Å²) < 4.78 is 15.1. The number of hydrogen-bond acceptors (Lipinski definition) is 5. The Hall–Kier alpha value is -9.13. The van der Waals surface area contributed by atoms with Crippen molar-refractivity contribution < 1.29 is 8.83 Å². The lowest BCUT2D eigenvalue weighted by atomic mass is 9.81. The molecule has 72 heavy (non-hydrogen) atoms. The van der Waals surface area contributed by atoms with E-state index in [1.54, 1.807) is 0 Å². The summed E-state index contributed by atoms with van der Waals surface area (Å²) in [6, 6.07) is 69.0. The van der Waals surface area contributed by atoms with Crippen LogP contribution in [0.25, 0.3) is 138 Å². The second-order valence-electron chi connectivity index (χ2n) is 18.7. The van der Waals surface area contributed by atoms with Crippen molar-refractivity contribution in [1.82, 2.24) is 19.5 Å². The standard InChI is InChI=1S/C62H38N4O2.C2H6.C2H4/c1-62(2)49-30-25-35-12-3-5-14-40(35)56(49)47-29-22-37(32-50(47)62)42-18-11-19-48-57-41-15-6-4-13-36(41)26-31-51(57)66(58(42)48)61-64-59(38-23-27-45-43-16-7-9-20-52(43)67-54(45)33-38)63-60(65-61)39-24-28-46-44-17-8-10-21-53(44)68-55(46)34-39;2*1-2/h3-34H,1-2H3;1-2H3;1-2H2. The molecule has 0 aliphatic heterocycles. The third-order valence-corrected chi connectivity index (χ3v) is 14.7. The first kappa shape index (κ1) is 42.9. The summed E-state index contributed by atoms with van der Waals surface area (Å²) in [5.41, 5.74) is 14.2. The van der Waals surface area contributed by atoms with Crippen LogP contribution in [0.1, 0.15) is 38.8 Å². The lowest BCUT2D eigenvalue weighted by Crippen LogP contribution is -2.15. The van der Waals surface area contributed by atoms with Crippen LogP contribution in [0.3, 0.4) is 0 Å². The maximum absolute atomic E-state index is 6.43. The van der Waals surface area contributed by atoms with Crippen molar-refractivity contribution in [2.75, 3.05) is 0 Å². The molecule has 1 aliphatic rings. The lowest BCUT2D eigenvalue weighted by Gasteiger charge is -2.22. The zero-order valence-electron chi connectivity index (χ0n) is 40.5. The molecule has 0 N–H and O–H groups in total. The highest BCUT2D eigenvalue weighted by molar-refractivity contribution is 6.23. The number of fused-ring (bicyclic) bond motifs is 16. The number of hydrogen-bond donors (Lipinski definition) is 0. The van der Waals surface area contributed by atoms with E-state index in [0.717, 1.165) is 87.9 Å².